The second-order valence-corrected chi connectivity index (χ2v) is 5.03. The maximum atomic E-state index is 13.6. The van der Waals surface area contributed by atoms with Gasteiger partial charge in [-0.2, -0.15) is 0 Å². The molecule has 0 bridgehead atoms. The topological polar surface area (TPSA) is 43.1 Å². The first-order chi connectivity index (χ1) is 9.08. The van der Waals surface area contributed by atoms with Crippen LogP contribution >= 0.6 is 11.8 Å². The smallest absolute Gasteiger partial charge is 0.235 e. The summed E-state index contributed by atoms with van der Waals surface area (Å²) in [6.07, 6.45) is 0. The Morgan fingerprint density at radius 1 is 1.11 bits per heavy atom. The van der Waals surface area contributed by atoms with Crippen molar-refractivity contribution in [3.8, 4) is 0 Å². The number of thioether (sulfide) groups is 1. The van der Waals surface area contributed by atoms with Gasteiger partial charge in [-0.3, -0.25) is 4.79 Å². The lowest BCUT2D eigenvalue weighted by molar-refractivity contribution is -0.117. The molecule has 0 saturated heterocycles. The Morgan fingerprint density at radius 3 is 2.37 bits per heavy atom. The normalized spacial score (nSPS) is 12.1. The molecule has 19 heavy (non-hydrogen) atoms. The van der Waals surface area contributed by atoms with Gasteiger partial charge >= 0.3 is 0 Å². The van der Waals surface area contributed by atoms with Crippen molar-refractivity contribution in [1.29, 1.82) is 0 Å². The molecule has 0 heterocycles. The SMILES string of the molecule is NC(=O)C(Sc1ccc(F)cc1F)c1ccccc1. The predicted octanol–water partition coefficient (Wildman–Crippen LogP) is 3.28. The van der Waals surface area contributed by atoms with Gasteiger partial charge in [0, 0.05) is 11.0 Å². The highest BCUT2D eigenvalue weighted by atomic mass is 32.2. The average molecular weight is 279 g/mol. The Balaban J connectivity index is 2.29. The number of hydrogen-bond donors (Lipinski definition) is 1. The van der Waals surface area contributed by atoms with E-state index in [9.17, 15) is 13.6 Å². The fourth-order valence-corrected chi connectivity index (χ4v) is 2.60. The highest BCUT2D eigenvalue weighted by molar-refractivity contribution is 8.00. The number of halogens is 2. The Hall–Kier alpha value is -1.88. The molecule has 0 radical (unpaired) electrons. The first kappa shape index (κ1) is 13.5. The molecule has 1 amide bonds. The summed E-state index contributed by atoms with van der Waals surface area (Å²) in [5.41, 5.74) is 6.02. The van der Waals surface area contributed by atoms with Crippen LogP contribution in [0.5, 0.6) is 0 Å². The predicted molar refractivity (Wildman–Crippen MR) is 70.6 cm³/mol. The molecule has 2 aromatic carbocycles. The molecule has 2 aromatic rings. The molecule has 0 spiro atoms. The van der Waals surface area contributed by atoms with E-state index in [1.807, 2.05) is 6.07 Å². The zero-order chi connectivity index (χ0) is 13.8. The molecule has 0 aromatic heterocycles. The van der Waals surface area contributed by atoms with Gasteiger partial charge in [0.2, 0.25) is 5.91 Å². The van der Waals surface area contributed by atoms with Crippen LogP contribution in [-0.4, -0.2) is 5.91 Å². The van der Waals surface area contributed by atoms with Crippen LogP contribution < -0.4 is 5.73 Å². The molecular formula is C14H11F2NOS. The molecule has 0 aliphatic heterocycles. The van der Waals surface area contributed by atoms with Gasteiger partial charge in [-0.25, -0.2) is 8.78 Å². The monoisotopic (exact) mass is 279 g/mol. The molecule has 0 saturated carbocycles. The molecule has 1 unspecified atom stereocenters. The van der Waals surface area contributed by atoms with Crippen LogP contribution in [0.3, 0.4) is 0 Å². The molecule has 98 valence electrons. The molecule has 0 fully saturated rings. The lowest BCUT2D eigenvalue weighted by atomic mass is 10.1. The van der Waals surface area contributed by atoms with Crippen molar-refractivity contribution in [3.05, 3.63) is 65.7 Å². The van der Waals surface area contributed by atoms with Crippen LogP contribution in [0, 0.1) is 11.6 Å². The Morgan fingerprint density at radius 2 is 1.79 bits per heavy atom. The van der Waals surface area contributed by atoms with E-state index in [2.05, 4.69) is 0 Å². The van der Waals surface area contributed by atoms with Gasteiger partial charge in [-0.1, -0.05) is 30.3 Å². The summed E-state index contributed by atoms with van der Waals surface area (Å²) < 4.78 is 26.4. The molecule has 0 aliphatic carbocycles. The summed E-state index contributed by atoms with van der Waals surface area (Å²) in [4.78, 5) is 11.7. The van der Waals surface area contributed by atoms with Gasteiger partial charge in [0.25, 0.3) is 0 Å². The first-order valence-corrected chi connectivity index (χ1v) is 6.42. The Bertz CT molecular complexity index is 589. The van der Waals surface area contributed by atoms with Crippen molar-refractivity contribution in [2.24, 2.45) is 5.73 Å². The van der Waals surface area contributed by atoms with E-state index in [0.29, 0.717) is 5.56 Å². The van der Waals surface area contributed by atoms with E-state index in [-0.39, 0.29) is 4.90 Å². The minimum atomic E-state index is -0.707. The number of hydrogen-bond acceptors (Lipinski definition) is 2. The summed E-state index contributed by atoms with van der Waals surface area (Å²) in [6, 6.07) is 12.1. The second-order valence-electron chi connectivity index (χ2n) is 3.89. The Kier molecular flexibility index (Phi) is 4.16. The highest BCUT2D eigenvalue weighted by Crippen LogP contribution is 2.36. The third-order valence-corrected chi connectivity index (χ3v) is 3.82. The number of primary amides is 1. The molecular weight excluding hydrogens is 268 g/mol. The average Bonchev–Trinajstić information content (AvgIpc) is 2.38. The number of amides is 1. The summed E-state index contributed by atoms with van der Waals surface area (Å²) in [5, 5.41) is -0.707. The van der Waals surface area contributed by atoms with Crippen molar-refractivity contribution in [3.63, 3.8) is 0 Å². The fraction of sp³-hybridized carbons (Fsp3) is 0.0714. The molecule has 2 nitrogen and oxygen atoms in total. The van der Waals surface area contributed by atoms with Gasteiger partial charge in [-0.15, -0.1) is 11.8 Å². The van der Waals surface area contributed by atoms with Crippen LogP contribution in [-0.2, 0) is 4.79 Å². The number of benzene rings is 2. The third-order valence-electron chi connectivity index (χ3n) is 2.50. The lowest BCUT2D eigenvalue weighted by Crippen LogP contribution is -2.19. The van der Waals surface area contributed by atoms with Crippen LogP contribution in [0.4, 0.5) is 8.78 Å². The number of rotatable bonds is 4. The number of carbonyl (C=O) groups is 1. The second kappa shape index (κ2) is 5.84. The summed E-state index contributed by atoms with van der Waals surface area (Å²) in [7, 11) is 0. The van der Waals surface area contributed by atoms with Crippen LogP contribution in [0.25, 0.3) is 0 Å². The van der Waals surface area contributed by atoms with E-state index >= 15 is 0 Å². The van der Waals surface area contributed by atoms with Gasteiger partial charge in [0.1, 0.15) is 16.9 Å². The van der Waals surface area contributed by atoms with Crippen LogP contribution in [0.2, 0.25) is 0 Å². The van der Waals surface area contributed by atoms with Crippen molar-refractivity contribution in [2.75, 3.05) is 0 Å². The minimum Gasteiger partial charge on any atom is -0.368 e. The summed E-state index contributed by atoms with van der Waals surface area (Å²) in [6.45, 7) is 0. The van der Waals surface area contributed by atoms with Gasteiger partial charge in [-0.05, 0) is 17.7 Å². The maximum Gasteiger partial charge on any atom is 0.235 e. The van der Waals surface area contributed by atoms with E-state index in [4.69, 9.17) is 5.73 Å². The Labute approximate surface area is 113 Å². The van der Waals surface area contributed by atoms with Crippen molar-refractivity contribution in [2.45, 2.75) is 10.1 Å². The van der Waals surface area contributed by atoms with E-state index in [0.717, 1.165) is 23.9 Å². The van der Waals surface area contributed by atoms with Crippen molar-refractivity contribution < 1.29 is 13.6 Å². The van der Waals surface area contributed by atoms with Crippen LogP contribution in [0.1, 0.15) is 10.8 Å². The lowest BCUT2D eigenvalue weighted by Gasteiger charge is -2.13. The van der Waals surface area contributed by atoms with Crippen LogP contribution in [0.15, 0.2) is 53.4 Å². The van der Waals surface area contributed by atoms with Crippen molar-refractivity contribution >= 4 is 17.7 Å². The fourth-order valence-electron chi connectivity index (χ4n) is 1.62. The summed E-state index contributed by atoms with van der Waals surface area (Å²) in [5.74, 6) is -1.93. The minimum absolute atomic E-state index is 0.189. The van der Waals surface area contributed by atoms with E-state index < -0.39 is 22.8 Å². The zero-order valence-corrected chi connectivity index (χ0v) is 10.7. The van der Waals surface area contributed by atoms with E-state index in [1.54, 1.807) is 24.3 Å². The largest absolute Gasteiger partial charge is 0.368 e. The molecule has 5 heteroatoms. The standard InChI is InChI=1S/C14H11F2NOS/c15-10-6-7-12(11(16)8-10)19-13(14(17)18)9-4-2-1-3-5-9/h1-8,13H,(H2,17,18). The molecule has 0 aliphatic rings. The molecule has 1 atom stereocenters. The van der Waals surface area contributed by atoms with E-state index in [1.165, 1.54) is 6.07 Å². The summed E-state index contributed by atoms with van der Waals surface area (Å²) >= 11 is 0.969. The molecule has 2 rings (SSSR count). The molecule has 2 N–H and O–H groups in total. The quantitative estimate of drug-likeness (QED) is 0.873. The van der Waals surface area contributed by atoms with Crippen molar-refractivity contribution in [1.82, 2.24) is 0 Å². The first-order valence-electron chi connectivity index (χ1n) is 5.54. The zero-order valence-electron chi connectivity index (χ0n) is 9.85. The number of nitrogens with two attached hydrogens (primary N) is 1. The highest BCUT2D eigenvalue weighted by Gasteiger charge is 2.20. The maximum absolute atomic E-state index is 13.6. The van der Waals surface area contributed by atoms with Gasteiger partial charge < -0.3 is 5.73 Å². The van der Waals surface area contributed by atoms with Gasteiger partial charge in [0.15, 0.2) is 0 Å². The third kappa shape index (κ3) is 3.32. The number of carbonyl (C=O) groups excluding carboxylic acids is 1. The van der Waals surface area contributed by atoms with Gasteiger partial charge in [0.05, 0.1) is 0 Å².